The molecule has 6 aliphatic carbocycles. The predicted octanol–water partition coefficient (Wildman–Crippen LogP) is 7.71. The zero-order chi connectivity index (χ0) is 32.2. The first kappa shape index (κ1) is 81.5. The summed E-state index contributed by atoms with van der Waals surface area (Å²) in [4.78, 5) is 23.7. The van der Waals surface area contributed by atoms with Crippen molar-refractivity contribution < 1.29 is 234 Å². The maximum Gasteiger partial charge on any atom is 2.00 e. The predicted molar refractivity (Wildman–Crippen MR) is 174 cm³/mol. The van der Waals surface area contributed by atoms with Crippen molar-refractivity contribution in [1.29, 1.82) is 0 Å². The van der Waals surface area contributed by atoms with E-state index >= 15 is 0 Å². The fourth-order valence-electron chi connectivity index (χ4n) is 11.2. The van der Waals surface area contributed by atoms with Crippen LogP contribution in [0.1, 0.15) is 132 Å². The summed E-state index contributed by atoms with van der Waals surface area (Å²) in [5.41, 5.74) is 5.01. The average molecular weight is 1370 g/mol. The van der Waals surface area contributed by atoms with Crippen LogP contribution in [-0.2, 0) is 224 Å². The molecule has 0 N–H and O–H groups in total. The van der Waals surface area contributed by atoms with Gasteiger partial charge in [-0.2, -0.15) is 0 Å². The first-order valence-corrected chi connectivity index (χ1v) is 17.8. The number of carboxylic acid groups (broad SMARTS) is 2. The molecule has 0 spiro atoms. The maximum atomic E-state index is 11.8. The molecule has 57 heavy (non-hydrogen) atoms. The van der Waals surface area contributed by atoms with E-state index in [1.165, 1.54) is 36.8 Å². The Hall–Kier alpha value is 4.32. The topological polar surface area (TPSA) is 80.3 Å². The van der Waals surface area contributed by atoms with E-state index < -0.39 is 22.8 Å². The van der Waals surface area contributed by atoms with Gasteiger partial charge in [-0.05, 0) is 122 Å². The van der Waals surface area contributed by atoms with E-state index in [-0.39, 0.29) is 237 Å². The molecular formula is C40H58Ni13O4+24. The molecule has 348 valence electrons. The number of carbonyl (C=O) groups is 2. The Morgan fingerprint density at radius 3 is 1.05 bits per heavy atom. The van der Waals surface area contributed by atoms with Gasteiger partial charge in [-0.3, -0.25) is 0 Å². The van der Waals surface area contributed by atoms with Crippen molar-refractivity contribution in [3.8, 4) is 0 Å². The summed E-state index contributed by atoms with van der Waals surface area (Å²) < 4.78 is 0. The van der Waals surface area contributed by atoms with Crippen molar-refractivity contribution in [2.75, 3.05) is 0 Å². The number of carbonyl (C=O) groups excluding carboxylic acids is 2. The zero-order valence-corrected chi connectivity index (χ0v) is 45.8. The van der Waals surface area contributed by atoms with Crippen LogP contribution in [0.4, 0.5) is 0 Å². The third-order valence-corrected chi connectivity index (χ3v) is 14.1. The summed E-state index contributed by atoms with van der Waals surface area (Å²) >= 11 is 0. The smallest absolute Gasteiger partial charge is 0.550 e. The van der Waals surface area contributed by atoms with Crippen molar-refractivity contribution >= 4 is 11.9 Å². The molecule has 0 bridgehead atoms. The van der Waals surface area contributed by atoms with Crippen LogP contribution in [0.5, 0.6) is 0 Å². The van der Waals surface area contributed by atoms with Gasteiger partial charge in [-0.15, -0.1) is 0 Å². The molecule has 0 radical (unpaired) electrons. The molecule has 2 saturated carbocycles. The van der Waals surface area contributed by atoms with Gasteiger partial charge in [0.2, 0.25) is 0 Å². The summed E-state index contributed by atoms with van der Waals surface area (Å²) in [5, 5.41) is 23.7. The van der Waals surface area contributed by atoms with Crippen LogP contribution in [0.3, 0.4) is 0 Å². The van der Waals surface area contributed by atoms with Crippen LogP contribution in [0, 0.1) is 57.2 Å². The van der Waals surface area contributed by atoms with Crippen LogP contribution in [0.2, 0.25) is 0 Å². The number of fused-ring (bicyclic) bond motifs is 6. The number of carboxylic acids is 2. The van der Waals surface area contributed by atoms with Gasteiger partial charge in [0.25, 0.3) is 0 Å². The molecule has 0 saturated heterocycles. The van der Waals surface area contributed by atoms with Gasteiger partial charge in [0.1, 0.15) is 0 Å². The Balaban J connectivity index is -0.0000000940. The van der Waals surface area contributed by atoms with Crippen molar-refractivity contribution in [3.63, 3.8) is 0 Å². The molecule has 6 rings (SSSR count). The van der Waals surface area contributed by atoms with E-state index in [0.717, 1.165) is 51.4 Å². The zero-order valence-electron chi connectivity index (χ0n) is 33.0. The molecule has 0 aromatic heterocycles. The Morgan fingerprint density at radius 1 is 0.526 bits per heavy atom. The second kappa shape index (κ2) is 32.9. The summed E-state index contributed by atoms with van der Waals surface area (Å²) in [6.07, 6.45) is 21.9. The number of allylic oxidation sites excluding steroid dienone is 8. The van der Waals surface area contributed by atoms with Crippen LogP contribution >= 0.6 is 0 Å². The minimum absolute atomic E-state index is 0. The van der Waals surface area contributed by atoms with Gasteiger partial charge in [-0.25, -0.2) is 0 Å². The Labute approximate surface area is 476 Å². The second-order valence-electron chi connectivity index (χ2n) is 17.0. The van der Waals surface area contributed by atoms with E-state index in [2.05, 4.69) is 65.8 Å². The van der Waals surface area contributed by atoms with Crippen LogP contribution in [0.25, 0.3) is 0 Å². The molecule has 0 heterocycles. The standard InChI is InChI=1S/2C20H30O2.13Ni/c2*1-13(2)14-6-8-16-15(12-14)7-9-17-19(16,3)10-5-11-20(17,4)18(21)22;;;;;;;;;;;;;/h2*7,12-13,16-17H,5-6,8-11H2,1-4H3,(H,21,22);;;;;;;;;;;;;/q;;13*+2/p-2/t2*16-,17?,19+,20+;;;;;;;;;;;;;/m00............./s1. The molecule has 0 amide bonds. The first-order valence-electron chi connectivity index (χ1n) is 17.8. The van der Waals surface area contributed by atoms with E-state index in [9.17, 15) is 19.8 Å². The Morgan fingerprint density at radius 2 is 0.807 bits per heavy atom. The fraction of sp³-hybridized carbons (Fsp3) is 0.750. The first-order chi connectivity index (χ1) is 20.6. The molecule has 17 heteroatoms. The maximum absolute atomic E-state index is 11.8. The molecule has 2 fully saturated rings. The summed E-state index contributed by atoms with van der Waals surface area (Å²) in [7, 11) is 0. The fourth-order valence-corrected chi connectivity index (χ4v) is 11.2. The molecule has 0 aliphatic heterocycles. The summed E-state index contributed by atoms with van der Waals surface area (Å²) in [5.74, 6) is 1.08. The minimum atomic E-state index is -0.838. The largest absolute Gasteiger partial charge is 2.00 e. The van der Waals surface area contributed by atoms with Gasteiger partial charge in [0.05, 0.1) is 0 Å². The quantitative estimate of drug-likeness (QED) is 0.271. The van der Waals surface area contributed by atoms with E-state index in [1.54, 1.807) is 11.1 Å². The van der Waals surface area contributed by atoms with E-state index in [1.807, 2.05) is 13.8 Å². The van der Waals surface area contributed by atoms with Crippen molar-refractivity contribution in [2.45, 2.75) is 132 Å². The van der Waals surface area contributed by atoms with Gasteiger partial charge < -0.3 is 19.8 Å². The van der Waals surface area contributed by atoms with Gasteiger partial charge in [0.15, 0.2) is 0 Å². The Bertz CT molecular complexity index is 1230. The molecule has 0 aromatic carbocycles. The summed E-state index contributed by atoms with van der Waals surface area (Å²) in [6, 6.07) is 0. The van der Waals surface area contributed by atoms with Crippen LogP contribution < -0.4 is 10.2 Å². The van der Waals surface area contributed by atoms with Gasteiger partial charge in [0, 0.05) is 22.8 Å². The monoisotopic (exact) mass is 1360 g/mol. The van der Waals surface area contributed by atoms with Crippen LogP contribution in [-0.4, -0.2) is 11.9 Å². The average Bonchev–Trinajstić information content (AvgIpc) is 2.96. The number of hydrogen-bond acceptors (Lipinski definition) is 4. The van der Waals surface area contributed by atoms with E-state index in [4.69, 9.17) is 0 Å². The van der Waals surface area contributed by atoms with Gasteiger partial charge >= 0.3 is 214 Å². The third kappa shape index (κ3) is 16.3. The minimum Gasteiger partial charge on any atom is -0.550 e. The molecule has 0 aromatic rings. The molecule has 4 nitrogen and oxygen atoms in total. The number of hydrogen-bond donors (Lipinski definition) is 0. The normalized spacial score (nSPS) is 31.9. The SMILES string of the molecule is CC(C)C1=CC2=CCC3[C@](C)(C(=O)[O-])CCC[C@]3(C)[C@H]2CC1.CC(C)C1=CC2=CCC3[C@](C)(C(=O)[O-])CCC[C@]3(C)[C@H]2CC1.[Ni+2].[Ni+2].[Ni+2].[Ni+2].[Ni+2].[Ni+2].[Ni+2].[Ni+2].[Ni+2].[Ni+2].[Ni+2].[Ni+2].[Ni+2]. The molecule has 8 atom stereocenters. The van der Waals surface area contributed by atoms with Crippen LogP contribution in [0.15, 0.2) is 46.6 Å². The van der Waals surface area contributed by atoms with Gasteiger partial charge in [-0.1, -0.05) is 104 Å². The second-order valence-corrected chi connectivity index (χ2v) is 17.0. The molecular weight excluding hydrogens is 1310 g/mol. The third-order valence-electron chi connectivity index (χ3n) is 14.1. The van der Waals surface area contributed by atoms with Crippen molar-refractivity contribution in [2.24, 2.45) is 57.2 Å². The number of aliphatic carboxylic acids is 2. The number of rotatable bonds is 4. The molecule has 2 unspecified atom stereocenters. The summed E-state index contributed by atoms with van der Waals surface area (Å²) in [6.45, 7) is 17.7. The molecule has 6 aliphatic rings. The Kier molecular flexibility index (Phi) is 47.0. The van der Waals surface area contributed by atoms with E-state index in [0.29, 0.717) is 23.7 Å². The van der Waals surface area contributed by atoms with Crippen molar-refractivity contribution in [3.05, 3.63) is 46.6 Å². The van der Waals surface area contributed by atoms with Crippen molar-refractivity contribution in [1.82, 2.24) is 0 Å².